The smallest absolute Gasteiger partial charge is 0.255 e. The number of carbonyl (C=O) groups excluding carboxylic acids is 2. The first-order chi connectivity index (χ1) is 9.10. The molecule has 20 heavy (non-hydrogen) atoms. The first-order valence-electron chi connectivity index (χ1n) is 6.21. The van der Waals surface area contributed by atoms with Crippen molar-refractivity contribution in [1.82, 2.24) is 10.6 Å². The zero-order chi connectivity index (χ0) is 15.5. The van der Waals surface area contributed by atoms with Crippen molar-refractivity contribution in [2.75, 3.05) is 0 Å². The van der Waals surface area contributed by atoms with Crippen LogP contribution in [0.15, 0.2) is 18.2 Å². The van der Waals surface area contributed by atoms with E-state index >= 15 is 0 Å². The molecule has 0 heterocycles. The van der Waals surface area contributed by atoms with Crippen LogP contribution in [0, 0.1) is 0 Å². The van der Waals surface area contributed by atoms with Gasteiger partial charge >= 0.3 is 0 Å². The quantitative estimate of drug-likeness (QED) is 0.799. The number of rotatable bonds is 3. The molecule has 5 nitrogen and oxygen atoms in total. The molecule has 1 atom stereocenters. The maximum atomic E-state index is 12.0. The summed E-state index contributed by atoms with van der Waals surface area (Å²) < 4.78 is 0. The molecule has 0 saturated heterocycles. The van der Waals surface area contributed by atoms with Gasteiger partial charge in [0.25, 0.3) is 5.91 Å². The summed E-state index contributed by atoms with van der Waals surface area (Å²) in [5.41, 5.74) is -0.303. The van der Waals surface area contributed by atoms with E-state index in [0.29, 0.717) is 5.02 Å². The van der Waals surface area contributed by atoms with Crippen LogP contribution in [0.25, 0.3) is 0 Å². The van der Waals surface area contributed by atoms with E-state index in [9.17, 15) is 14.7 Å². The second-order valence-corrected chi connectivity index (χ2v) is 6.03. The van der Waals surface area contributed by atoms with E-state index in [0.717, 1.165) is 0 Å². The highest BCUT2D eigenvalue weighted by Gasteiger charge is 2.22. The number of phenols is 1. The minimum absolute atomic E-state index is 0.0739. The van der Waals surface area contributed by atoms with E-state index in [4.69, 9.17) is 11.6 Å². The SMILES string of the molecule is CC(NC(=O)c1ccc(Cl)cc1O)C(=O)NC(C)(C)C. The van der Waals surface area contributed by atoms with Gasteiger partial charge in [-0.1, -0.05) is 11.6 Å². The standard InChI is InChI=1S/C14H19ClN2O3/c1-8(12(19)17-14(2,3)4)16-13(20)10-6-5-9(15)7-11(10)18/h5-8,18H,1-4H3,(H,16,20)(H,17,19). The third-order valence-electron chi connectivity index (χ3n) is 2.44. The highest BCUT2D eigenvalue weighted by Crippen LogP contribution is 2.21. The number of nitrogens with one attached hydrogen (secondary N) is 2. The van der Waals surface area contributed by atoms with Crippen molar-refractivity contribution in [1.29, 1.82) is 0 Å². The minimum Gasteiger partial charge on any atom is -0.507 e. The normalized spacial score (nSPS) is 12.7. The van der Waals surface area contributed by atoms with Crippen LogP contribution in [-0.2, 0) is 4.79 Å². The van der Waals surface area contributed by atoms with Crippen molar-refractivity contribution in [2.24, 2.45) is 0 Å². The topological polar surface area (TPSA) is 78.4 Å². The Morgan fingerprint density at radius 3 is 2.40 bits per heavy atom. The van der Waals surface area contributed by atoms with Gasteiger partial charge < -0.3 is 15.7 Å². The fourth-order valence-corrected chi connectivity index (χ4v) is 1.68. The molecule has 0 saturated carbocycles. The summed E-state index contributed by atoms with van der Waals surface area (Å²) in [5.74, 6) is -1.05. The average molecular weight is 299 g/mol. The summed E-state index contributed by atoms with van der Waals surface area (Å²) in [6.45, 7) is 7.13. The van der Waals surface area contributed by atoms with E-state index in [1.165, 1.54) is 18.2 Å². The molecule has 0 bridgehead atoms. The summed E-state index contributed by atoms with van der Waals surface area (Å²) in [4.78, 5) is 23.8. The zero-order valence-corrected chi connectivity index (χ0v) is 12.7. The van der Waals surface area contributed by atoms with E-state index in [-0.39, 0.29) is 22.8 Å². The van der Waals surface area contributed by atoms with Crippen molar-refractivity contribution in [2.45, 2.75) is 39.3 Å². The van der Waals surface area contributed by atoms with Crippen LogP contribution in [0.1, 0.15) is 38.1 Å². The Labute approximate surface area is 123 Å². The summed E-state index contributed by atoms with van der Waals surface area (Å²) in [6.07, 6.45) is 0. The molecule has 1 unspecified atom stereocenters. The van der Waals surface area contributed by atoms with Gasteiger partial charge in [-0.25, -0.2) is 0 Å². The lowest BCUT2D eigenvalue weighted by atomic mass is 10.1. The molecule has 6 heteroatoms. The lowest BCUT2D eigenvalue weighted by Crippen LogP contribution is -2.50. The first-order valence-corrected chi connectivity index (χ1v) is 6.59. The third-order valence-corrected chi connectivity index (χ3v) is 2.68. The minimum atomic E-state index is -0.711. The lowest BCUT2D eigenvalue weighted by molar-refractivity contribution is -0.124. The van der Waals surface area contributed by atoms with Gasteiger partial charge in [0, 0.05) is 10.6 Å². The molecule has 0 aromatic heterocycles. The number of carbonyl (C=O) groups is 2. The number of amides is 2. The highest BCUT2D eigenvalue weighted by molar-refractivity contribution is 6.30. The van der Waals surface area contributed by atoms with Gasteiger partial charge in [0.1, 0.15) is 11.8 Å². The molecule has 1 aromatic carbocycles. The Bertz CT molecular complexity index is 524. The van der Waals surface area contributed by atoms with Gasteiger partial charge in [0.05, 0.1) is 5.56 Å². The Morgan fingerprint density at radius 2 is 1.90 bits per heavy atom. The summed E-state index contributed by atoms with van der Waals surface area (Å²) in [5, 5.41) is 15.3. The molecule has 0 aliphatic rings. The lowest BCUT2D eigenvalue weighted by Gasteiger charge is -2.23. The molecule has 1 aromatic rings. The van der Waals surface area contributed by atoms with Gasteiger partial charge in [-0.3, -0.25) is 9.59 Å². The highest BCUT2D eigenvalue weighted by atomic mass is 35.5. The molecular formula is C14H19ClN2O3. The molecule has 0 spiro atoms. The second kappa shape index (κ2) is 6.13. The van der Waals surface area contributed by atoms with Crippen LogP contribution in [0.3, 0.4) is 0 Å². The van der Waals surface area contributed by atoms with Crippen LogP contribution in [-0.4, -0.2) is 28.5 Å². The number of hydrogen-bond acceptors (Lipinski definition) is 3. The number of halogens is 1. The predicted octanol–water partition coefficient (Wildman–Crippen LogP) is 2.08. The summed E-state index contributed by atoms with van der Waals surface area (Å²) in [6, 6.07) is 3.46. The Hall–Kier alpha value is -1.75. The summed E-state index contributed by atoms with van der Waals surface area (Å²) >= 11 is 5.69. The van der Waals surface area contributed by atoms with Crippen molar-refractivity contribution < 1.29 is 14.7 Å². The maximum absolute atomic E-state index is 12.0. The fourth-order valence-electron chi connectivity index (χ4n) is 1.51. The fraction of sp³-hybridized carbons (Fsp3) is 0.429. The second-order valence-electron chi connectivity index (χ2n) is 5.60. The van der Waals surface area contributed by atoms with Gasteiger partial charge in [0.2, 0.25) is 5.91 Å². The largest absolute Gasteiger partial charge is 0.507 e. The first kappa shape index (κ1) is 16.3. The average Bonchev–Trinajstić information content (AvgIpc) is 2.26. The number of aromatic hydroxyl groups is 1. The predicted molar refractivity (Wildman–Crippen MR) is 77.9 cm³/mol. The van der Waals surface area contributed by atoms with Gasteiger partial charge in [0.15, 0.2) is 0 Å². The molecular weight excluding hydrogens is 280 g/mol. The van der Waals surface area contributed by atoms with E-state index < -0.39 is 11.9 Å². The number of benzene rings is 1. The molecule has 3 N–H and O–H groups in total. The zero-order valence-electron chi connectivity index (χ0n) is 12.0. The third kappa shape index (κ3) is 4.74. The van der Waals surface area contributed by atoms with Crippen LogP contribution < -0.4 is 10.6 Å². The van der Waals surface area contributed by atoms with E-state index in [2.05, 4.69) is 10.6 Å². The molecule has 0 aliphatic heterocycles. The van der Waals surface area contributed by atoms with E-state index in [1.807, 2.05) is 20.8 Å². The Morgan fingerprint density at radius 1 is 1.30 bits per heavy atom. The van der Waals surface area contributed by atoms with Gasteiger partial charge in [-0.2, -0.15) is 0 Å². The van der Waals surface area contributed by atoms with Gasteiger partial charge in [-0.05, 0) is 45.9 Å². The van der Waals surface area contributed by atoms with Gasteiger partial charge in [-0.15, -0.1) is 0 Å². The van der Waals surface area contributed by atoms with Crippen molar-refractivity contribution in [3.8, 4) is 5.75 Å². The molecule has 0 radical (unpaired) electrons. The Kier molecular flexibility index (Phi) is 5.00. The van der Waals surface area contributed by atoms with Crippen LogP contribution in [0.5, 0.6) is 5.75 Å². The Balaban J connectivity index is 2.73. The molecule has 2 amide bonds. The maximum Gasteiger partial charge on any atom is 0.255 e. The summed E-state index contributed by atoms with van der Waals surface area (Å²) in [7, 11) is 0. The number of hydrogen-bond donors (Lipinski definition) is 3. The van der Waals surface area contributed by atoms with Crippen molar-refractivity contribution >= 4 is 23.4 Å². The molecule has 0 fully saturated rings. The van der Waals surface area contributed by atoms with Crippen molar-refractivity contribution in [3.63, 3.8) is 0 Å². The number of phenolic OH excluding ortho intramolecular Hbond substituents is 1. The van der Waals surface area contributed by atoms with Crippen LogP contribution >= 0.6 is 11.6 Å². The van der Waals surface area contributed by atoms with Crippen molar-refractivity contribution in [3.05, 3.63) is 28.8 Å². The molecule has 1 rings (SSSR count). The van der Waals surface area contributed by atoms with Crippen LogP contribution in [0.2, 0.25) is 5.02 Å². The van der Waals surface area contributed by atoms with E-state index in [1.54, 1.807) is 6.92 Å². The van der Waals surface area contributed by atoms with Crippen LogP contribution in [0.4, 0.5) is 0 Å². The monoisotopic (exact) mass is 298 g/mol. The molecule has 0 aliphatic carbocycles. The molecule has 110 valence electrons.